The zero-order valence-corrected chi connectivity index (χ0v) is 14.9. The molecular formula is C17H18Br2O. The van der Waals surface area contributed by atoms with Crippen LogP contribution >= 0.6 is 31.9 Å². The number of ether oxygens (including phenoxy) is 1. The van der Waals surface area contributed by atoms with Crippen molar-refractivity contribution in [2.24, 2.45) is 0 Å². The van der Waals surface area contributed by atoms with E-state index in [-0.39, 0.29) is 0 Å². The normalized spacial score (nSPS) is 12.2. The van der Waals surface area contributed by atoms with Gasteiger partial charge in [-0.15, -0.1) is 0 Å². The largest absolute Gasteiger partial charge is 0.489 e. The molecule has 0 spiro atoms. The van der Waals surface area contributed by atoms with Crippen LogP contribution in [0.25, 0.3) is 0 Å². The van der Waals surface area contributed by atoms with E-state index < -0.39 is 0 Å². The highest BCUT2D eigenvalue weighted by Crippen LogP contribution is 2.33. The molecule has 0 unspecified atom stereocenters. The smallest absolute Gasteiger partial charge is 0.123 e. The molecule has 1 atom stereocenters. The van der Waals surface area contributed by atoms with E-state index >= 15 is 0 Å². The van der Waals surface area contributed by atoms with Crippen molar-refractivity contribution in [1.82, 2.24) is 0 Å². The predicted octanol–water partition coefficient (Wildman–Crippen LogP) is 5.83. The second-order valence-electron chi connectivity index (χ2n) is 4.97. The Hall–Kier alpha value is -0.800. The molecule has 2 aromatic rings. The van der Waals surface area contributed by atoms with Gasteiger partial charge >= 0.3 is 0 Å². The lowest BCUT2D eigenvalue weighted by Crippen LogP contribution is -2.03. The lowest BCUT2D eigenvalue weighted by atomic mass is 10.0. The van der Waals surface area contributed by atoms with E-state index in [4.69, 9.17) is 4.74 Å². The van der Waals surface area contributed by atoms with Crippen LogP contribution in [0.5, 0.6) is 5.75 Å². The third kappa shape index (κ3) is 3.86. The molecule has 0 aromatic heterocycles. The fourth-order valence-corrected chi connectivity index (χ4v) is 2.71. The van der Waals surface area contributed by atoms with E-state index in [0.717, 1.165) is 15.6 Å². The summed E-state index contributed by atoms with van der Waals surface area (Å²) in [7, 11) is 0. The van der Waals surface area contributed by atoms with Crippen LogP contribution < -0.4 is 4.74 Å². The molecule has 0 heterocycles. The molecule has 3 heteroatoms. The summed E-state index contributed by atoms with van der Waals surface area (Å²) in [6.07, 6.45) is 0. The predicted molar refractivity (Wildman–Crippen MR) is 91.9 cm³/mol. The van der Waals surface area contributed by atoms with Gasteiger partial charge < -0.3 is 4.74 Å². The van der Waals surface area contributed by atoms with Gasteiger partial charge in [0.2, 0.25) is 0 Å². The van der Waals surface area contributed by atoms with E-state index in [2.05, 4.69) is 70.0 Å². The summed E-state index contributed by atoms with van der Waals surface area (Å²) in [6.45, 7) is 4.88. The Bertz CT molecular complexity index is 567. The van der Waals surface area contributed by atoms with E-state index in [1.165, 1.54) is 16.7 Å². The summed E-state index contributed by atoms with van der Waals surface area (Å²) >= 11 is 7.16. The molecule has 106 valence electrons. The molecule has 0 aliphatic carbocycles. The number of hydrogen-bond donors (Lipinski definition) is 0. The summed E-state index contributed by atoms with van der Waals surface area (Å²) in [5, 5.41) is 0.921. The monoisotopic (exact) mass is 396 g/mol. The van der Waals surface area contributed by atoms with E-state index in [1.807, 2.05) is 18.2 Å². The Labute approximate surface area is 137 Å². The summed E-state index contributed by atoms with van der Waals surface area (Å²) in [6, 6.07) is 14.5. The Morgan fingerprint density at radius 2 is 1.85 bits per heavy atom. The van der Waals surface area contributed by atoms with Gasteiger partial charge in [0.1, 0.15) is 12.4 Å². The Morgan fingerprint density at radius 3 is 2.50 bits per heavy atom. The molecule has 1 nitrogen and oxygen atoms in total. The van der Waals surface area contributed by atoms with Crippen LogP contribution in [0.1, 0.15) is 29.5 Å². The minimum absolute atomic E-state index is 0.415. The molecule has 2 rings (SSSR count). The molecule has 0 N–H and O–H groups in total. The lowest BCUT2D eigenvalue weighted by molar-refractivity contribution is 0.301. The highest BCUT2D eigenvalue weighted by atomic mass is 79.9. The highest BCUT2D eigenvalue weighted by molar-refractivity contribution is 9.10. The fourth-order valence-electron chi connectivity index (χ4n) is 2.00. The number of halogens is 2. The van der Waals surface area contributed by atoms with Gasteiger partial charge in [0, 0.05) is 9.80 Å². The Balaban J connectivity index is 2.23. The fraction of sp³-hybridized carbons (Fsp3) is 0.294. The summed E-state index contributed by atoms with van der Waals surface area (Å²) in [5.41, 5.74) is 3.61. The van der Waals surface area contributed by atoms with Crippen LogP contribution in [0.4, 0.5) is 0 Å². The van der Waals surface area contributed by atoms with Crippen molar-refractivity contribution in [1.29, 1.82) is 0 Å². The molecule has 20 heavy (non-hydrogen) atoms. The maximum atomic E-state index is 6.04. The zero-order chi connectivity index (χ0) is 14.5. The molecule has 0 amide bonds. The number of hydrogen-bond acceptors (Lipinski definition) is 1. The molecule has 0 aliphatic heterocycles. The number of alkyl halides is 1. The molecule has 0 fully saturated rings. The van der Waals surface area contributed by atoms with Gasteiger partial charge in [-0.3, -0.25) is 0 Å². The van der Waals surface area contributed by atoms with Crippen molar-refractivity contribution in [3.05, 3.63) is 63.6 Å². The van der Waals surface area contributed by atoms with Crippen molar-refractivity contribution in [3.8, 4) is 5.75 Å². The van der Waals surface area contributed by atoms with Gasteiger partial charge in [-0.1, -0.05) is 69.1 Å². The van der Waals surface area contributed by atoms with Gasteiger partial charge in [0.15, 0.2) is 0 Å². The van der Waals surface area contributed by atoms with Gasteiger partial charge in [0.05, 0.1) is 0 Å². The molecule has 0 aliphatic rings. The Morgan fingerprint density at radius 1 is 1.15 bits per heavy atom. The molecule has 0 radical (unpaired) electrons. The van der Waals surface area contributed by atoms with Crippen molar-refractivity contribution < 1.29 is 4.74 Å². The second-order valence-corrected chi connectivity index (χ2v) is 6.47. The highest BCUT2D eigenvalue weighted by Gasteiger charge is 2.13. The van der Waals surface area contributed by atoms with Crippen molar-refractivity contribution in [2.75, 3.05) is 5.33 Å². The van der Waals surface area contributed by atoms with E-state index in [9.17, 15) is 0 Å². The van der Waals surface area contributed by atoms with E-state index in [0.29, 0.717) is 12.5 Å². The number of aryl methyl sites for hydroxylation is 1. The van der Waals surface area contributed by atoms with Crippen LogP contribution in [0.3, 0.4) is 0 Å². The molecule has 0 saturated carbocycles. The van der Waals surface area contributed by atoms with Crippen LogP contribution in [0.15, 0.2) is 46.9 Å². The first kappa shape index (κ1) is 15.6. The minimum Gasteiger partial charge on any atom is -0.489 e. The lowest BCUT2D eigenvalue weighted by Gasteiger charge is -2.17. The quantitative estimate of drug-likeness (QED) is 0.576. The van der Waals surface area contributed by atoms with Gasteiger partial charge in [-0.25, -0.2) is 0 Å². The molecule has 0 saturated heterocycles. The SMILES string of the molecule is Cc1cc(OCc2ccccc2)c([C@H](C)CBr)cc1Br. The van der Waals surface area contributed by atoms with Crippen LogP contribution in [-0.2, 0) is 6.61 Å². The first-order valence-corrected chi connectivity index (χ1v) is 8.56. The standard InChI is InChI=1S/C17H18Br2O/c1-12-8-17(15(9-16(12)19)13(2)10-18)20-11-14-6-4-3-5-7-14/h3-9,13H,10-11H2,1-2H3/t13-/m1/s1. The van der Waals surface area contributed by atoms with Crippen molar-refractivity contribution in [2.45, 2.75) is 26.4 Å². The third-order valence-electron chi connectivity index (χ3n) is 3.29. The second kappa shape index (κ2) is 7.28. The zero-order valence-electron chi connectivity index (χ0n) is 11.7. The van der Waals surface area contributed by atoms with Gasteiger partial charge in [-0.2, -0.15) is 0 Å². The minimum atomic E-state index is 0.415. The maximum Gasteiger partial charge on any atom is 0.123 e. The van der Waals surface area contributed by atoms with Gasteiger partial charge in [-0.05, 0) is 41.7 Å². The average Bonchev–Trinajstić information content (AvgIpc) is 2.48. The van der Waals surface area contributed by atoms with Crippen LogP contribution in [0, 0.1) is 6.92 Å². The van der Waals surface area contributed by atoms with Crippen LogP contribution in [0.2, 0.25) is 0 Å². The maximum absolute atomic E-state index is 6.04. The van der Waals surface area contributed by atoms with E-state index in [1.54, 1.807) is 0 Å². The molecule has 0 bridgehead atoms. The number of benzene rings is 2. The average molecular weight is 398 g/mol. The third-order valence-corrected chi connectivity index (χ3v) is 5.12. The van der Waals surface area contributed by atoms with Crippen LogP contribution in [-0.4, -0.2) is 5.33 Å². The summed E-state index contributed by atoms with van der Waals surface area (Å²) in [4.78, 5) is 0. The topological polar surface area (TPSA) is 9.23 Å². The summed E-state index contributed by atoms with van der Waals surface area (Å²) in [5.74, 6) is 1.39. The molecular weight excluding hydrogens is 380 g/mol. The number of rotatable bonds is 5. The van der Waals surface area contributed by atoms with Gasteiger partial charge in [0.25, 0.3) is 0 Å². The van der Waals surface area contributed by atoms with Crippen molar-refractivity contribution >= 4 is 31.9 Å². The Kier molecular flexibility index (Phi) is 5.67. The summed E-state index contributed by atoms with van der Waals surface area (Å²) < 4.78 is 7.17. The molecule has 2 aromatic carbocycles. The first-order chi connectivity index (χ1) is 9.61. The first-order valence-electron chi connectivity index (χ1n) is 6.64. The van der Waals surface area contributed by atoms with Crippen molar-refractivity contribution in [3.63, 3.8) is 0 Å².